The molecule has 0 unspecified atom stereocenters. The molecule has 1 saturated heterocycles. The number of hydrogen-bond donors (Lipinski definition) is 9. The maximum absolute atomic E-state index is 11.2. The fourth-order valence-electron chi connectivity index (χ4n) is 2.14. The highest BCUT2D eigenvalue weighted by Gasteiger charge is 2.63. The van der Waals surface area contributed by atoms with Crippen molar-refractivity contribution in [3.8, 4) is 0 Å². The van der Waals surface area contributed by atoms with E-state index in [0.29, 0.717) is 0 Å². The third-order valence-corrected chi connectivity index (χ3v) is 4.91. The van der Waals surface area contributed by atoms with Crippen LogP contribution >= 0.6 is 31.3 Å². The molecule has 168 valence electrons. The summed E-state index contributed by atoms with van der Waals surface area (Å²) in [5.74, 6) is -3.19. The Morgan fingerprint density at radius 2 is 1.29 bits per heavy atom. The van der Waals surface area contributed by atoms with Crippen LogP contribution in [0.15, 0.2) is 0 Å². The minimum absolute atomic E-state index is 1.30. The summed E-state index contributed by atoms with van der Waals surface area (Å²) in [6, 6.07) is 0. The van der Waals surface area contributed by atoms with Crippen molar-refractivity contribution in [2.75, 3.05) is 13.2 Å². The van der Waals surface area contributed by atoms with Gasteiger partial charge in [-0.3, -0.25) is 13.6 Å². The van der Waals surface area contributed by atoms with Crippen LogP contribution in [0.25, 0.3) is 0 Å². The van der Waals surface area contributed by atoms with Crippen molar-refractivity contribution in [1.29, 1.82) is 0 Å². The molecule has 1 aliphatic rings. The second-order valence-corrected chi connectivity index (χ2v) is 9.86. The molecule has 18 nitrogen and oxygen atoms in total. The van der Waals surface area contributed by atoms with Crippen LogP contribution < -0.4 is 0 Å². The maximum atomic E-state index is 11.2. The molecule has 1 heterocycles. The second kappa shape index (κ2) is 8.85. The SMILES string of the molecule is O=P(O)(O)OC[C@H]1O[C@@](CO)(OP(=O)(O)O)[C@@H](OP(=O)(O)O)[C@@H]1OP(=O)(O)O. The van der Waals surface area contributed by atoms with Gasteiger partial charge < -0.3 is 49.0 Å². The van der Waals surface area contributed by atoms with Gasteiger partial charge in [0.1, 0.15) is 18.8 Å². The van der Waals surface area contributed by atoms with Crippen LogP contribution in [0.2, 0.25) is 0 Å². The lowest BCUT2D eigenvalue weighted by Crippen LogP contribution is -2.49. The average Bonchev–Trinajstić information content (AvgIpc) is 2.66. The third kappa shape index (κ3) is 8.62. The molecule has 0 aromatic rings. The molecule has 0 amide bonds. The van der Waals surface area contributed by atoms with Crippen molar-refractivity contribution in [2.45, 2.75) is 24.1 Å². The topological polar surface area (TPSA) is 296 Å². The summed E-state index contributed by atoms with van der Waals surface area (Å²) in [6.45, 7) is -2.93. The Morgan fingerprint density at radius 1 is 0.786 bits per heavy atom. The van der Waals surface area contributed by atoms with Gasteiger partial charge in [0.2, 0.25) is 5.79 Å². The number of phosphoric ester groups is 4. The van der Waals surface area contributed by atoms with Crippen molar-refractivity contribution in [3.05, 3.63) is 0 Å². The summed E-state index contributed by atoms with van der Waals surface area (Å²) in [7, 11) is -22.0. The molecule has 0 radical (unpaired) electrons. The summed E-state index contributed by atoms with van der Waals surface area (Å²) in [5.41, 5.74) is 0. The monoisotopic (exact) mass is 500 g/mol. The van der Waals surface area contributed by atoms with Crippen molar-refractivity contribution in [2.24, 2.45) is 0 Å². The molecule has 0 saturated carbocycles. The second-order valence-electron chi connectivity index (χ2n) is 5.07. The van der Waals surface area contributed by atoms with Gasteiger partial charge in [-0.2, -0.15) is 0 Å². The van der Waals surface area contributed by atoms with E-state index in [-0.39, 0.29) is 0 Å². The number of ether oxygens (including phenoxy) is 1. The van der Waals surface area contributed by atoms with Crippen LogP contribution in [0.1, 0.15) is 0 Å². The molecular formula is C6H16O18P4. The zero-order valence-electron chi connectivity index (χ0n) is 13.1. The van der Waals surface area contributed by atoms with Gasteiger partial charge in [0, 0.05) is 0 Å². The van der Waals surface area contributed by atoms with E-state index >= 15 is 0 Å². The molecule has 1 fully saturated rings. The first-order valence-electron chi connectivity index (χ1n) is 6.50. The largest absolute Gasteiger partial charge is 0.472 e. The smallest absolute Gasteiger partial charge is 0.391 e. The Kier molecular flexibility index (Phi) is 8.34. The summed E-state index contributed by atoms with van der Waals surface area (Å²) in [4.78, 5) is 71.1. The first kappa shape index (κ1) is 26.4. The lowest BCUT2D eigenvalue weighted by Gasteiger charge is -2.32. The van der Waals surface area contributed by atoms with Crippen LogP contribution in [-0.4, -0.2) is 81.6 Å². The highest BCUT2D eigenvalue weighted by atomic mass is 31.2. The Hall–Kier alpha value is 0.360. The highest BCUT2D eigenvalue weighted by Crippen LogP contribution is 2.55. The Labute approximate surface area is 154 Å². The van der Waals surface area contributed by atoms with Crippen LogP contribution in [-0.2, 0) is 41.1 Å². The molecule has 9 N–H and O–H groups in total. The molecule has 0 aromatic heterocycles. The summed E-state index contributed by atoms with van der Waals surface area (Å²) in [5, 5.41) is 9.44. The molecule has 4 atom stereocenters. The van der Waals surface area contributed by atoms with Crippen LogP contribution in [0, 0.1) is 0 Å². The zero-order chi connectivity index (χ0) is 22.2. The van der Waals surface area contributed by atoms with Gasteiger partial charge in [-0.05, 0) is 0 Å². The lowest BCUT2D eigenvalue weighted by molar-refractivity contribution is -0.234. The Bertz CT molecular complexity index is 726. The number of hydrogen-bond acceptors (Lipinski definition) is 10. The minimum Gasteiger partial charge on any atom is -0.391 e. The summed E-state index contributed by atoms with van der Waals surface area (Å²) in [6.07, 6.45) is -7.14. The Morgan fingerprint density at radius 3 is 1.64 bits per heavy atom. The minimum atomic E-state index is -5.62. The first-order valence-corrected chi connectivity index (χ1v) is 12.6. The van der Waals surface area contributed by atoms with E-state index in [0.717, 1.165) is 0 Å². The van der Waals surface area contributed by atoms with Gasteiger partial charge in [-0.15, -0.1) is 0 Å². The predicted molar refractivity (Wildman–Crippen MR) is 79.6 cm³/mol. The molecule has 0 aromatic carbocycles. The third-order valence-electron chi connectivity index (χ3n) is 2.86. The molecule has 1 aliphatic heterocycles. The molecule has 0 spiro atoms. The lowest BCUT2D eigenvalue weighted by atomic mass is 10.1. The quantitative estimate of drug-likeness (QED) is 0.137. The van der Waals surface area contributed by atoms with Gasteiger partial charge in [0.05, 0.1) is 6.61 Å². The molecule has 22 heteroatoms. The van der Waals surface area contributed by atoms with Gasteiger partial charge in [-0.25, -0.2) is 22.8 Å². The number of rotatable bonds is 10. The predicted octanol–water partition coefficient (Wildman–Crippen LogP) is -2.75. The number of aliphatic hydroxyl groups excluding tert-OH is 1. The number of phosphoric acid groups is 4. The fourth-order valence-corrected chi connectivity index (χ4v) is 4.22. The van der Waals surface area contributed by atoms with E-state index < -0.39 is 68.6 Å². The standard InChI is InChI=1S/C6H16O18P4/c7-2-6(24-28(17,18)19)5(23-27(14,15)16)4(22-26(11,12)13)3(21-6)1-20-25(8,9)10/h3-5,7H,1-2H2,(H2,8,9,10)(H2,11,12,13)(H2,14,15,16)(H2,17,18,19)/t3-,4-,5+,6+/m1/s1. The highest BCUT2D eigenvalue weighted by molar-refractivity contribution is 7.47. The molecule has 0 aliphatic carbocycles. The van der Waals surface area contributed by atoms with Crippen molar-refractivity contribution in [1.82, 2.24) is 0 Å². The van der Waals surface area contributed by atoms with E-state index in [1.807, 2.05) is 0 Å². The maximum Gasteiger partial charge on any atom is 0.472 e. The molecule has 28 heavy (non-hydrogen) atoms. The molecular weight excluding hydrogens is 484 g/mol. The number of aliphatic hydroxyl groups is 1. The summed E-state index contributed by atoms with van der Waals surface area (Å²) < 4.78 is 65.7. The van der Waals surface area contributed by atoms with Crippen LogP contribution in [0.4, 0.5) is 0 Å². The van der Waals surface area contributed by atoms with E-state index in [9.17, 15) is 23.4 Å². The fraction of sp³-hybridized carbons (Fsp3) is 1.00. The van der Waals surface area contributed by atoms with Crippen molar-refractivity contribution < 1.29 is 85.3 Å². The first-order chi connectivity index (χ1) is 12.3. The molecule has 0 bridgehead atoms. The van der Waals surface area contributed by atoms with Gasteiger partial charge in [-0.1, -0.05) is 0 Å². The summed E-state index contributed by atoms with van der Waals surface area (Å²) >= 11 is 0. The van der Waals surface area contributed by atoms with Crippen LogP contribution in [0.5, 0.6) is 0 Å². The zero-order valence-corrected chi connectivity index (χ0v) is 16.7. The average molecular weight is 500 g/mol. The normalized spacial score (nSPS) is 30.0. The van der Waals surface area contributed by atoms with Gasteiger partial charge in [0.15, 0.2) is 6.10 Å². The van der Waals surface area contributed by atoms with Crippen LogP contribution in [0.3, 0.4) is 0 Å². The van der Waals surface area contributed by atoms with E-state index in [4.69, 9.17) is 43.9 Å². The van der Waals surface area contributed by atoms with E-state index in [2.05, 4.69) is 18.1 Å². The Balaban J connectivity index is 3.43. The van der Waals surface area contributed by atoms with Crippen molar-refractivity contribution in [3.63, 3.8) is 0 Å². The van der Waals surface area contributed by atoms with Gasteiger partial charge >= 0.3 is 31.3 Å². The van der Waals surface area contributed by atoms with Crippen molar-refractivity contribution >= 4 is 31.3 Å². The molecule has 1 rings (SSSR count). The van der Waals surface area contributed by atoms with E-state index in [1.54, 1.807) is 0 Å². The van der Waals surface area contributed by atoms with Gasteiger partial charge in [0.25, 0.3) is 0 Å². The van der Waals surface area contributed by atoms with E-state index in [1.165, 1.54) is 0 Å².